The van der Waals surface area contributed by atoms with E-state index in [1.165, 1.54) is 0 Å². The van der Waals surface area contributed by atoms with Crippen LogP contribution in [-0.4, -0.2) is 38.9 Å². The number of para-hydroxylation sites is 1. The molecule has 1 aromatic rings. The topological polar surface area (TPSA) is 70.8 Å². The van der Waals surface area contributed by atoms with E-state index in [4.69, 9.17) is 19.9 Å². The van der Waals surface area contributed by atoms with E-state index in [-0.39, 0.29) is 6.61 Å². The van der Waals surface area contributed by atoms with Crippen molar-refractivity contribution in [3.05, 3.63) is 30.3 Å². The minimum atomic E-state index is -0.466. The molecule has 18 heavy (non-hydrogen) atoms. The number of ether oxygens (including phenoxy) is 3. The molecule has 0 spiro atoms. The fourth-order valence-corrected chi connectivity index (χ4v) is 1.26. The summed E-state index contributed by atoms with van der Waals surface area (Å²) in [6.07, 6.45) is 0.810. The Labute approximate surface area is 107 Å². The molecule has 5 nitrogen and oxygen atoms in total. The number of amides is 1. The summed E-state index contributed by atoms with van der Waals surface area (Å²) < 4.78 is 15.7. The summed E-state index contributed by atoms with van der Waals surface area (Å²) in [5, 5.41) is 0. The van der Waals surface area contributed by atoms with Crippen molar-refractivity contribution in [1.82, 2.24) is 0 Å². The normalized spacial score (nSPS) is 10.2. The molecule has 1 aromatic carbocycles. The maximum atomic E-state index is 10.3. The van der Waals surface area contributed by atoms with E-state index in [0.29, 0.717) is 26.4 Å². The maximum absolute atomic E-state index is 10.3. The Kier molecular flexibility index (Phi) is 7.59. The Morgan fingerprint density at radius 3 is 2.44 bits per heavy atom. The summed E-state index contributed by atoms with van der Waals surface area (Å²) in [4.78, 5) is 10.3. The summed E-state index contributed by atoms with van der Waals surface area (Å²) in [6.45, 7) is 2.00. The van der Waals surface area contributed by atoms with Gasteiger partial charge in [-0.15, -0.1) is 0 Å². The number of carbonyl (C=O) groups is 1. The van der Waals surface area contributed by atoms with Gasteiger partial charge >= 0.3 is 0 Å². The van der Waals surface area contributed by atoms with Crippen molar-refractivity contribution in [3.63, 3.8) is 0 Å². The molecule has 0 unspecified atom stereocenters. The van der Waals surface area contributed by atoms with Crippen molar-refractivity contribution < 1.29 is 19.0 Å². The van der Waals surface area contributed by atoms with E-state index in [1.807, 2.05) is 30.3 Å². The van der Waals surface area contributed by atoms with Crippen molar-refractivity contribution >= 4 is 5.91 Å². The van der Waals surface area contributed by atoms with Crippen LogP contribution in [0.5, 0.6) is 5.75 Å². The second-order valence-corrected chi connectivity index (χ2v) is 3.65. The lowest BCUT2D eigenvalue weighted by atomic mass is 10.3. The van der Waals surface area contributed by atoms with Gasteiger partial charge in [0.25, 0.3) is 0 Å². The van der Waals surface area contributed by atoms with Crippen LogP contribution >= 0.6 is 0 Å². The third kappa shape index (κ3) is 7.65. The fourth-order valence-electron chi connectivity index (χ4n) is 1.26. The summed E-state index contributed by atoms with van der Waals surface area (Å²) in [6, 6.07) is 9.64. The van der Waals surface area contributed by atoms with Gasteiger partial charge < -0.3 is 19.9 Å². The monoisotopic (exact) mass is 253 g/mol. The van der Waals surface area contributed by atoms with Crippen LogP contribution in [0.25, 0.3) is 0 Å². The van der Waals surface area contributed by atoms with Gasteiger partial charge in [-0.05, 0) is 12.1 Å². The molecule has 1 rings (SSSR count). The number of carbonyl (C=O) groups excluding carboxylic acids is 1. The van der Waals surface area contributed by atoms with E-state index in [1.54, 1.807) is 0 Å². The first kappa shape index (κ1) is 14.5. The summed E-state index contributed by atoms with van der Waals surface area (Å²) in [7, 11) is 0. The highest BCUT2D eigenvalue weighted by atomic mass is 16.5. The molecule has 0 aliphatic heterocycles. The first-order valence-corrected chi connectivity index (χ1v) is 5.90. The number of benzene rings is 1. The molecule has 5 heteroatoms. The Balaban J connectivity index is 1.86. The van der Waals surface area contributed by atoms with Crippen molar-refractivity contribution in [2.45, 2.75) is 6.42 Å². The standard InChI is InChI=1S/C13H19NO4/c14-13(15)11-17-10-9-16-7-4-8-18-12-5-2-1-3-6-12/h1-3,5-6H,4,7-11H2,(H2,14,15). The highest BCUT2D eigenvalue weighted by molar-refractivity contribution is 5.74. The average Bonchev–Trinajstić information content (AvgIpc) is 2.37. The molecule has 0 saturated heterocycles. The molecule has 0 aliphatic carbocycles. The van der Waals surface area contributed by atoms with Crippen molar-refractivity contribution in [2.75, 3.05) is 33.0 Å². The Morgan fingerprint density at radius 1 is 1.00 bits per heavy atom. The van der Waals surface area contributed by atoms with Crippen LogP contribution in [0.2, 0.25) is 0 Å². The SMILES string of the molecule is NC(=O)COCCOCCCOc1ccccc1. The maximum Gasteiger partial charge on any atom is 0.243 e. The molecule has 0 fully saturated rings. The second kappa shape index (κ2) is 9.44. The smallest absolute Gasteiger partial charge is 0.243 e. The Hall–Kier alpha value is -1.59. The number of hydrogen-bond donors (Lipinski definition) is 1. The van der Waals surface area contributed by atoms with E-state index < -0.39 is 5.91 Å². The van der Waals surface area contributed by atoms with Crippen molar-refractivity contribution in [3.8, 4) is 5.75 Å². The molecule has 0 aromatic heterocycles. The van der Waals surface area contributed by atoms with Gasteiger partial charge in [-0.2, -0.15) is 0 Å². The van der Waals surface area contributed by atoms with Gasteiger partial charge in [0.1, 0.15) is 12.4 Å². The number of primary amides is 1. The molecule has 0 atom stereocenters. The van der Waals surface area contributed by atoms with Gasteiger partial charge in [0.15, 0.2) is 0 Å². The van der Waals surface area contributed by atoms with Crippen molar-refractivity contribution in [2.24, 2.45) is 5.73 Å². The van der Waals surface area contributed by atoms with Gasteiger partial charge in [-0.25, -0.2) is 0 Å². The molecule has 1 amide bonds. The molecular formula is C13H19NO4. The van der Waals surface area contributed by atoms with Crippen LogP contribution in [0.1, 0.15) is 6.42 Å². The first-order chi connectivity index (χ1) is 8.79. The molecule has 100 valence electrons. The summed E-state index contributed by atoms with van der Waals surface area (Å²) in [5.74, 6) is 0.397. The molecule has 0 radical (unpaired) electrons. The van der Waals surface area contributed by atoms with E-state index in [0.717, 1.165) is 12.2 Å². The predicted octanol–water partition coefficient (Wildman–Crippen LogP) is 0.974. The Morgan fingerprint density at radius 2 is 1.72 bits per heavy atom. The highest BCUT2D eigenvalue weighted by Crippen LogP contribution is 2.08. The average molecular weight is 253 g/mol. The van der Waals surface area contributed by atoms with E-state index >= 15 is 0 Å². The molecule has 0 saturated carbocycles. The number of hydrogen-bond acceptors (Lipinski definition) is 4. The van der Waals surface area contributed by atoms with Crippen LogP contribution in [0, 0.1) is 0 Å². The third-order valence-corrected chi connectivity index (χ3v) is 2.06. The highest BCUT2D eigenvalue weighted by Gasteiger charge is 1.95. The lowest BCUT2D eigenvalue weighted by Gasteiger charge is -2.06. The fraction of sp³-hybridized carbons (Fsp3) is 0.462. The quantitative estimate of drug-likeness (QED) is 0.631. The number of rotatable bonds is 10. The largest absolute Gasteiger partial charge is 0.494 e. The number of nitrogens with two attached hydrogens (primary N) is 1. The van der Waals surface area contributed by atoms with Crippen LogP contribution in [0.4, 0.5) is 0 Å². The van der Waals surface area contributed by atoms with Crippen molar-refractivity contribution in [1.29, 1.82) is 0 Å². The molecule has 2 N–H and O–H groups in total. The first-order valence-electron chi connectivity index (χ1n) is 5.90. The van der Waals surface area contributed by atoms with Crippen LogP contribution in [0.3, 0.4) is 0 Å². The van der Waals surface area contributed by atoms with Crippen LogP contribution in [0.15, 0.2) is 30.3 Å². The summed E-state index contributed by atoms with van der Waals surface area (Å²) in [5.41, 5.74) is 4.91. The minimum Gasteiger partial charge on any atom is -0.494 e. The third-order valence-electron chi connectivity index (χ3n) is 2.06. The molecule has 0 aliphatic rings. The zero-order valence-electron chi connectivity index (χ0n) is 10.3. The molecular weight excluding hydrogens is 234 g/mol. The minimum absolute atomic E-state index is 0.0551. The lowest BCUT2D eigenvalue weighted by Crippen LogP contribution is -2.19. The van der Waals surface area contributed by atoms with Crippen LogP contribution in [-0.2, 0) is 14.3 Å². The van der Waals surface area contributed by atoms with E-state index in [2.05, 4.69) is 0 Å². The van der Waals surface area contributed by atoms with Gasteiger partial charge in [0, 0.05) is 13.0 Å². The molecule has 0 bridgehead atoms. The Bertz CT molecular complexity index is 329. The van der Waals surface area contributed by atoms with Gasteiger partial charge in [-0.3, -0.25) is 4.79 Å². The van der Waals surface area contributed by atoms with E-state index in [9.17, 15) is 4.79 Å². The van der Waals surface area contributed by atoms with Gasteiger partial charge in [0.05, 0.1) is 19.8 Å². The van der Waals surface area contributed by atoms with Crippen LogP contribution < -0.4 is 10.5 Å². The van der Waals surface area contributed by atoms with Gasteiger partial charge in [0.2, 0.25) is 5.91 Å². The second-order valence-electron chi connectivity index (χ2n) is 3.65. The zero-order valence-corrected chi connectivity index (χ0v) is 10.3. The summed E-state index contributed by atoms with van der Waals surface area (Å²) >= 11 is 0. The van der Waals surface area contributed by atoms with Gasteiger partial charge in [-0.1, -0.05) is 18.2 Å². The predicted molar refractivity (Wildman–Crippen MR) is 67.4 cm³/mol. The lowest BCUT2D eigenvalue weighted by molar-refractivity contribution is -0.123. The molecule has 0 heterocycles. The zero-order chi connectivity index (χ0) is 13.1.